The maximum absolute atomic E-state index is 13.1. The molecular weight excluding hydrogens is 389 g/mol. The molecule has 0 aliphatic rings. The third-order valence-corrected chi connectivity index (χ3v) is 4.18. The Morgan fingerprint density at radius 1 is 1.17 bits per heavy atom. The summed E-state index contributed by atoms with van der Waals surface area (Å²) in [5.41, 5.74) is -0.581. The lowest BCUT2D eigenvalue weighted by Crippen LogP contribution is -2.33. The average molecular weight is 406 g/mol. The van der Waals surface area contributed by atoms with Crippen molar-refractivity contribution in [2.45, 2.75) is 6.18 Å². The number of aromatic nitrogens is 3. The maximum atomic E-state index is 13.1. The number of rotatable bonds is 5. The summed E-state index contributed by atoms with van der Waals surface area (Å²) in [5.74, 6) is -0.887. The van der Waals surface area contributed by atoms with Crippen molar-refractivity contribution in [3.05, 3.63) is 66.1 Å². The van der Waals surface area contributed by atoms with Crippen molar-refractivity contribution in [1.82, 2.24) is 19.2 Å². The molecule has 7 nitrogen and oxygen atoms in total. The van der Waals surface area contributed by atoms with Gasteiger partial charge in [0.1, 0.15) is 12.1 Å². The first-order valence-electron chi connectivity index (χ1n) is 8.43. The molecule has 29 heavy (non-hydrogen) atoms. The number of ether oxygens (including phenoxy) is 1. The highest BCUT2D eigenvalue weighted by atomic mass is 19.4. The van der Waals surface area contributed by atoms with E-state index in [4.69, 9.17) is 0 Å². The number of hydrogen-bond donors (Lipinski definition) is 0. The molecule has 3 aromatic rings. The van der Waals surface area contributed by atoms with Gasteiger partial charge >= 0.3 is 12.1 Å². The van der Waals surface area contributed by atoms with Crippen LogP contribution in [0, 0.1) is 0 Å². The summed E-state index contributed by atoms with van der Waals surface area (Å²) < 4.78 is 46.7. The zero-order valence-corrected chi connectivity index (χ0v) is 15.6. The molecule has 3 rings (SSSR count). The van der Waals surface area contributed by atoms with Crippen molar-refractivity contribution in [1.29, 1.82) is 0 Å². The van der Waals surface area contributed by atoms with Gasteiger partial charge in [0, 0.05) is 19.4 Å². The lowest BCUT2D eigenvalue weighted by Gasteiger charge is -2.17. The van der Waals surface area contributed by atoms with Crippen LogP contribution in [0.25, 0.3) is 11.5 Å². The summed E-state index contributed by atoms with van der Waals surface area (Å²) >= 11 is 0. The van der Waals surface area contributed by atoms with Crippen LogP contribution in [-0.2, 0) is 15.7 Å². The van der Waals surface area contributed by atoms with E-state index in [1.807, 2.05) is 0 Å². The summed E-state index contributed by atoms with van der Waals surface area (Å²) in [6.45, 7) is -0.283. The number of nitrogens with zero attached hydrogens (tertiary/aromatic N) is 4. The average Bonchev–Trinajstić information content (AvgIpc) is 3.35. The molecule has 0 spiro atoms. The minimum atomic E-state index is -4.52. The van der Waals surface area contributed by atoms with Crippen molar-refractivity contribution in [2.75, 3.05) is 20.7 Å². The van der Waals surface area contributed by atoms with Gasteiger partial charge in [0.05, 0.1) is 24.6 Å². The highest BCUT2D eigenvalue weighted by Crippen LogP contribution is 2.31. The predicted octanol–water partition coefficient (Wildman–Crippen LogP) is 2.93. The van der Waals surface area contributed by atoms with E-state index in [1.165, 1.54) is 37.2 Å². The molecule has 0 N–H and O–H groups in total. The number of carbonyl (C=O) groups is 2. The fraction of sp³-hybridized carbons (Fsp3) is 0.211. The summed E-state index contributed by atoms with van der Waals surface area (Å²) in [6, 6.07) is 8.04. The monoisotopic (exact) mass is 406 g/mol. The van der Waals surface area contributed by atoms with E-state index in [9.17, 15) is 22.8 Å². The van der Waals surface area contributed by atoms with Gasteiger partial charge in [-0.15, -0.1) is 0 Å². The molecule has 2 aromatic heterocycles. The summed E-state index contributed by atoms with van der Waals surface area (Å²) in [6.07, 6.45) is 0.0122. The van der Waals surface area contributed by atoms with Gasteiger partial charge in [-0.2, -0.15) is 18.3 Å². The highest BCUT2D eigenvalue weighted by Gasteiger charge is 2.31. The lowest BCUT2D eigenvalue weighted by molar-refractivity contribution is -0.141. The Kier molecular flexibility index (Phi) is 5.44. The SMILES string of the molecule is COC(=O)CN(C)C(=O)c1cnn(-c2cccc(C(F)(F)F)c2)c1-n1cccc1. The Bertz CT molecular complexity index is 1030. The number of halogens is 3. The van der Waals surface area contributed by atoms with Gasteiger partial charge in [0.25, 0.3) is 5.91 Å². The predicted molar refractivity (Wildman–Crippen MR) is 96.9 cm³/mol. The van der Waals surface area contributed by atoms with Crippen LogP contribution < -0.4 is 0 Å². The van der Waals surface area contributed by atoms with Crippen LogP contribution in [0.2, 0.25) is 0 Å². The standard InChI is InChI=1S/C19H17F3N4O3/c1-24(12-16(27)29-2)18(28)15-11-23-26(17(15)25-8-3-4-9-25)14-7-5-6-13(10-14)19(20,21)22/h3-11H,12H2,1-2H3. The molecule has 0 saturated carbocycles. The molecule has 0 saturated heterocycles. The number of hydrogen-bond acceptors (Lipinski definition) is 4. The minimum Gasteiger partial charge on any atom is -0.468 e. The van der Waals surface area contributed by atoms with Crippen LogP contribution in [0.5, 0.6) is 0 Å². The highest BCUT2D eigenvalue weighted by molar-refractivity contribution is 5.98. The second-order valence-electron chi connectivity index (χ2n) is 6.17. The number of benzene rings is 1. The molecule has 2 heterocycles. The Labute approximate surface area is 163 Å². The van der Waals surface area contributed by atoms with E-state index in [-0.39, 0.29) is 23.6 Å². The Balaban J connectivity index is 2.09. The molecule has 0 fully saturated rings. The van der Waals surface area contributed by atoms with Crippen LogP contribution in [0.4, 0.5) is 13.2 Å². The van der Waals surface area contributed by atoms with Crippen LogP contribution in [0.3, 0.4) is 0 Å². The normalized spacial score (nSPS) is 11.3. The van der Waals surface area contributed by atoms with Crippen molar-refractivity contribution in [3.8, 4) is 11.5 Å². The molecule has 0 atom stereocenters. The number of amides is 1. The molecule has 152 valence electrons. The number of alkyl halides is 3. The third kappa shape index (κ3) is 4.15. The quantitative estimate of drug-likeness (QED) is 0.611. The van der Waals surface area contributed by atoms with Crippen LogP contribution >= 0.6 is 0 Å². The van der Waals surface area contributed by atoms with Gasteiger partial charge in [-0.1, -0.05) is 6.07 Å². The van der Waals surface area contributed by atoms with E-state index < -0.39 is 23.6 Å². The number of methoxy groups -OCH3 is 1. The summed E-state index contributed by atoms with van der Waals surface area (Å²) in [4.78, 5) is 25.5. The smallest absolute Gasteiger partial charge is 0.416 e. The maximum Gasteiger partial charge on any atom is 0.416 e. The van der Waals surface area contributed by atoms with Gasteiger partial charge in [0.15, 0.2) is 5.82 Å². The lowest BCUT2D eigenvalue weighted by atomic mass is 10.2. The number of likely N-dealkylation sites (N-methyl/N-ethyl adjacent to an activating group) is 1. The van der Waals surface area contributed by atoms with Gasteiger partial charge < -0.3 is 14.2 Å². The van der Waals surface area contributed by atoms with E-state index in [0.717, 1.165) is 17.0 Å². The van der Waals surface area contributed by atoms with Crippen molar-refractivity contribution >= 4 is 11.9 Å². The molecule has 0 aliphatic heterocycles. The zero-order valence-electron chi connectivity index (χ0n) is 15.6. The van der Waals surface area contributed by atoms with Crippen LogP contribution in [0.15, 0.2) is 55.0 Å². The second-order valence-corrected chi connectivity index (χ2v) is 6.17. The summed E-state index contributed by atoms with van der Waals surface area (Å²) in [5, 5.41) is 4.13. The second kappa shape index (κ2) is 7.82. The molecule has 0 bridgehead atoms. The molecule has 0 unspecified atom stereocenters. The summed E-state index contributed by atoms with van der Waals surface area (Å²) in [7, 11) is 2.62. The van der Waals surface area contributed by atoms with Gasteiger partial charge in [-0.05, 0) is 30.3 Å². The minimum absolute atomic E-state index is 0.116. The van der Waals surface area contributed by atoms with Crippen LogP contribution in [-0.4, -0.2) is 51.8 Å². The van der Waals surface area contributed by atoms with Gasteiger partial charge in [0.2, 0.25) is 0 Å². The zero-order chi connectivity index (χ0) is 21.2. The Morgan fingerprint density at radius 3 is 2.48 bits per heavy atom. The van der Waals surface area contributed by atoms with Gasteiger partial charge in [-0.3, -0.25) is 9.59 Å². The number of carbonyl (C=O) groups excluding carboxylic acids is 2. The molecule has 10 heteroatoms. The molecular formula is C19H17F3N4O3. The molecule has 1 amide bonds. The first kappa shape index (κ1) is 20.2. The van der Waals surface area contributed by atoms with E-state index >= 15 is 0 Å². The molecule has 0 radical (unpaired) electrons. The first-order valence-corrected chi connectivity index (χ1v) is 8.43. The van der Waals surface area contributed by atoms with Crippen molar-refractivity contribution in [2.24, 2.45) is 0 Å². The molecule has 1 aromatic carbocycles. The van der Waals surface area contributed by atoms with E-state index in [1.54, 1.807) is 29.1 Å². The van der Waals surface area contributed by atoms with Crippen LogP contribution in [0.1, 0.15) is 15.9 Å². The first-order chi connectivity index (χ1) is 13.7. The Hall–Kier alpha value is -3.56. The Morgan fingerprint density at radius 2 is 1.86 bits per heavy atom. The topological polar surface area (TPSA) is 69.4 Å². The number of esters is 1. The van der Waals surface area contributed by atoms with Crippen molar-refractivity contribution in [3.63, 3.8) is 0 Å². The third-order valence-electron chi connectivity index (χ3n) is 4.18. The fourth-order valence-electron chi connectivity index (χ4n) is 2.76. The van der Waals surface area contributed by atoms with E-state index in [2.05, 4.69) is 9.84 Å². The largest absolute Gasteiger partial charge is 0.468 e. The van der Waals surface area contributed by atoms with Crippen molar-refractivity contribution < 1.29 is 27.5 Å². The van der Waals surface area contributed by atoms with Gasteiger partial charge in [-0.25, -0.2) is 4.68 Å². The van der Waals surface area contributed by atoms with E-state index in [0.29, 0.717) is 0 Å². The fourth-order valence-corrected chi connectivity index (χ4v) is 2.76. The molecule has 0 aliphatic carbocycles.